The van der Waals surface area contributed by atoms with E-state index in [1.807, 2.05) is 0 Å². The first-order valence-corrected chi connectivity index (χ1v) is 6.88. The van der Waals surface area contributed by atoms with Crippen LogP contribution in [-0.4, -0.2) is 19.3 Å². The predicted molar refractivity (Wildman–Crippen MR) is 57.5 cm³/mol. The Morgan fingerprint density at radius 2 is 2.33 bits per heavy atom. The van der Waals surface area contributed by atoms with Gasteiger partial charge in [0.15, 0.2) is 9.84 Å². The van der Waals surface area contributed by atoms with Gasteiger partial charge >= 0.3 is 0 Å². The summed E-state index contributed by atoms with van der Waals surface area (Å²) < 4.78 is 27.8. The minimum Gasteiger partial charge on any atom is -0.364 e. The summed E-state index contributed by atoms with van der Waals surface area (Å²) in [6.45, 7) is 1.63. The highest BCUT2D eigenvalue weighted by Gasteiger charge is 2.15. The number of rotatable bonds is 3. The second-order valence-corrected chi connectivity index (χ2v) is 6.12. The molecule has 0 aliphatic heterocycles. The molecule has 2 aromatic heterocycles. The molecule has 0 saturated carbocycles. The molecule has 0 radical (unpaired) electrons. The molecule has 0 unspecified atom stereocenters. The minimum atomic E-state index is -3.12. The second-order valence-electron chi connectivity index (χ2n) is 2.93. The van der Waals surface area contributed by atoms with Gasteiger partial charge in [-0.3, -0.25) is 0 Å². The molecule has 0 atom stereocenters. The first-order chi connectivity index (χ1) is 7.13. The molecule has 80 valence electrons. The zero-order valence-electron chi connectivity index (χ0n) is 8.00. The van der Waals surface area contributed by atoms with Crippen molar-refractivity contribution >= 4 is 21.2 Å². The van der Waals surface area contributed by atoms with Crippen LogP contribution in [0.1, 0.15) is 6.92 Å². The maximum atomic E-state index is 11.5. The van der Waals surface area contributed by atoms with Crippen LogP contribution in [0.25, 0.3) is 10.6 Å². The van der Waals surface area contributed by atoms with Crippen molar-refractivity contribution in [2.45, 2.75) is 11.8 Å². The summed E-state index contributed by atoms with van der Waals surface area (Å²) in [6, 6.07) is 3.33. The summed E-state index contributed by atoms with van der Waals surface area (Å²) in [7, 11) is -3.12. The Kier molecular flexibility index (Phi) is 2.62. The zero-order valence-corrected chi connectivity index (χ0v) is 9.64. The highest BCUT2D eigenvalue weighted by atomic mass is 32.2. The Hall–Kier alpha value is -1.14. The largest absolute Gasteiger partial charge is 0.364 e. The second kappa shape index (κ2) is 3.79. The van der Waals surface area contributed by atoms with Crippen LogP contribution in [0, 0.1) is 0 Å². The summed E-state index contributed by atoms with van der Waals surface area (Å²) in [5, 5.41) is 5.38. The number of thiophene rings is 1. The summed E-state index contributed by atoms with van der Waals surface area (Å²) in [4.78, 5) is 1.16. The Balaban J connectivity index is 2.41. The molecule has 0 fully saturated rings. The highest BCUT2D eigenvalue weighted by molar-refractivity contribution is 7.91. The Morgan fingerprint density at radius 1 is 1.53 bits per heavy atom. The van der Waals surface area contributed by atoms with Crippen molar-refractivity contribution in [1.29, 1.82) is 0 Å². The third-order valence-corrected chi connectivity index (χ3v) is 4.82. The van der Waals surface area contributed by atoms with Gasteiger partial charge in [-0.2, -0.15) is 0 Å². The molecular weight excluding hydrogens is 234 g/mol. The molecule has 0 saturated heterocycles. The van der Waals surface area contributed by atoms with Gasteiger partial charge in [0.2, 0.25) is 0 Å². The van der Waals surface area contributed by atoms with E-state index in [0.29, 0.717) is 10.6 Å². The van der Waals surface area contributed by atoms with Crippen LogP contribution < -0.4 is 0 Å². The van der Waals surface area contributed by atoms with E-state index in [-0.39, 0.29) is 5.75 Å². The summed E-state index contributed by atoms with van der Waals surface area (Å²) in [6.07, 6.45) is 1.46. The van der Waals surface area contributed by atoms with E-state index in [1.54, 1.807) is 24.4 Å². The first kappa shape index (κ1) is 10.4. The van der Waals surface area contributed by atoms with E-state index in [2.05, 4.69) is 5.16 Å². The number of nitrogens with zero attached hydrogens (tertiary/aromatic N) is 1. The van der Waals surface area contributed by atoms with Crippen LogP contribution in [0.4, 0.5) is 0 Å². The van der Waals surface area contributed by atoms with Crippen molar-refractivity contribution in [3.8, 4) is 10.6 Å². The van der Waals surface area contributed by atoms with Gasteiger partial charge in [-0.05, 0) is 6.07 Å². The lowest BCUT2D eigenvalue weighted by Crippen LogP contribution is -2.01. The SMILES string of the molecule is CCS(=O)(=O)c1csc(-c2ccon2)c1. The Labute approximate surface area is 91.4 Å². The third-order valence-electron chi connectivity index (χ3n) is 2.00. The number of aromatic nitrogens is 1. The fourth-order valence-corrected chi connectivity index (χ4v) is 3.29. The van der Waals surface area contributed by atoms with Crippen LogP contribution in [0.2, 0.25) is 0 Å². The standard InChI is InChI=1S/C9H9NO3S2/c1-2-15(11,12)7-5-9(14-6-7)8-3-4-13-10-8/h3-6H,2H2,1H3. The van der Waals surface area contributed by atoms with Crippen molar-refractivity contribution < 1.29 is 12.9 Å². The fourth-order valence-electron chi connectivity index (χ4n) is 1.12. The van der Waals surface area contributed by atoms with Crippen LogP contribution in [0.5, 0.6) is 0 Å². The van der Waals surface area contributed by atoms with Crippen LogP contribution in [0.15, 0.2) is 33.2 Å². The minimum absolute atomic E-state index is 0.113. The van der Waals surface area contributed by atoms with E-state index in [9.17, 15) is 8.42 Å². The summed E-state index contributed by atoms with van der Waals surface area (Å²) >= 11 is 1.35. The molecule has 2 aromatic rings. The third kappa shape index (κ3) is 1.95. The smallest absolute Gasteiger partial charge is 0.178 e. The summed E-state index contributed by atoms with van der Waals surface area (Å²) in [5.74, 6) is 0.113. The molecule has 4 nitrogen and oxygen atoms in total. The van der Waals surface area contributed by atoms with E-state index < -0.39 is 9.84 Å². The fraction of sp³-hybridized carbons (Fsp3) is 0.222. The molecule has 6 heteroatoms. The molecule has 0 amide bonds. The van der Waals surface area contributed by atoms with E-state index in [0.717, 1.165) is 4.88 Å². The molecular formula is C9H9NO3S2. The molecule has 0 N–H and O–H groups in total. The van der Waals surface area contributed by atoms with Crippen LogP contribution in [-0.2, 0) is 9.84 Å². The zero-order chi connectivity index (χ0) is 10.9. The average molecular weight is 243 g/mol. The van der Waals surface area contributed by atoms with Gasteiger partial charge in [0.1, 0.15) is 12.0 Å². The maximum Gasteiger partial charge on any atom is 0.178 e. The van der Waals surface area contributed by atoms with Crippen LogP contribution >= 0.6 is 11.3 Å². The molecule has 0 aromatic carbocycles. The van der Waals surface area contributed by atoms with Gasteiger partial charge in [0, 0.05) is 11.4 Å². The van der Waals surface area contributed by atoms with E-state index in [4.69, 9.17) is 4.52 Å². The Bertz CT molecular complexity index is 540. The van der Waals surface area contributed by atoms with E-state index in [1.165, 1.54) is 17.6 Å². The molecule has 2 heterocycles. The molecule has 0 aliphatic rings. The van der Waals surface area contributed by atoms with Gasteiger partial charge in [0.05, 0.1) is 15.5 Å². The van der Waals surface area contributed by atoms with Crippen molar-refractivity contribution in [3.63, 3.8) is 0 Å². The van der Waals surface area contributed by atoms with Crippen molar-refractivity contribution in [3.05, 3.63) is 23.8 Å². The van der Waals surface area contributed by atoms with Gasteiger partial charge in [-0.15, -0.1) is 11.3 Å². The lowest BCUT2D eigenvalue weighted by molar-refractivity contribution is 0.422. The van der Waals surface area contributed by atoms with Gasteiger partial charge < -0.3 is 4.52 Å². The number of hydrogen-bond acceptors (Lipinski definition) is 5. The monoisotopic (exact) mass is 243 g/mol. The number of hydrogen-bond donors (Lipinski definition) is 0. The first-order valence-electron chi connectivity index (χ1n) is 4.35. The quantitative estimate of drug-likeness (QED) is 0.829. The lowest BCUT2D eigenvalue weighted by atomic mass is 10.3. The van der Waals surface area contributed by atoms with Crippen molar-refractivity contribution in [1.82, 2.24) is 5.16 Å². The molecule has 2 rings (SSSR count). The molecule has 15 heavy (non-hydrogen) atoms. The summed E-state index contributed by atoms with van der Waals surface area (Å²) in [5.41, 5.74) is 0.664. The molecule has 0 spiro atoms. The molecule has 0 bridgehead atoms. The van der Waals surface area contributed by atoms with E-state index >= 15 is 0 Å². The van der Waals surface area contributed by atoms with Crippen molar-refractivity contribution in [2.75, 3.05) is 5.75 Å². The lowest BCUT2D eigenvalue weighted by Gasteiger charge is -1.94. The molecule has 0 aliphatic carbocycles. The number of sulfone groups is 1. The highest BCUT2D eigenvalue weighted by Crippen LogP contribution is 2.28. The van der Waals surface area contributed by atoms with Crippen LogP contribution in [0.3, 0.4) is 0 Å². The maximum absolute atomic E-state index is 11.5. The van der Waals surface area contributed by atoms with Gasteiger partial charge in [-0.1, -0.05) is 12.1 Å². The Morgan fingerprint density at radius 3 is 2.93 bits per heavy atom. The van der Waals surface area contributed by atoms with Gasteiger partial charge in [0.25, 0.3) is 0 Å². The predicted octanol–water partition coefficient (Wildman–Crippen LogP) is 2.20. The van der Waals surface area contributed by atoms with Crippen molar-refractivity contribution in [2.24, 2.45) is 0 Å². The van der Waals surface area contributed by atoms with Gasteiger partial charge in [-0.25, -0.2) is 8.42 Å². The topological polar surface area (TPSA) is 60.2 Å². The normalized spacial score (nSPS) is 11.8. The average Bonchev–Trinajstić information content (AvgIpc) is 2.88.